The van der Waals surface area contributed by atoms with Gasteiger partial charge in [0.05, 0.1) is 31.2 Å². The number of rotatable bonds is 4. The van der Waals surface area contributed by atoms with Crippen LogP contribution in [0.25, 0.3) is 28.2 Å². The molecule has 0 aliphatic carbocycles. The van der Waals surface area contributed by atoms with Crippen molar-refractivity contribution in [2.75, 3.05) is 14.2 Å². The van der Waals surface area contributed by atoms with Crippen LogP contribution in [0.3, 0.4) is 0 Å². The fraction of sp³-hybridized carbons (Fsp3) is 0.150. The number of nitrogens with one attached hydrogen (secondary N) is 1. The largest absolute Gasteiger partial charge is 0.497 e. The molecule has 7 nitrogen and oxygen atoms in total. The number of fused-ring (bicyclic) bond motifs is 1. The number of aromatic amines is 1. The van der Waals surface area contributed by atoms with Crippen LogP contribution in [0.1, 0.15) is 5.56 Å². The van der Waals surface area contributed by atoms with Gasteiger partial charge in [-0.05, 0) is 43.3 Å². The minimum atomic E-state index is -0.205. The van der Waals surface area contributed by atoms with Crippen molar-refractivity contribution in [1.82, 2.24) is 19.6 Å². The van der Waals surface area contributed by atoms with Crippen LogP contribution in [-0.4, -0.2) is 33.8 Å². The van der Waals surface area contributed by atoms with E-state index >= 15 is 0 Å². The number of pyridine rings is 1. The van der Waals surface area contributed by atoms with E-state index < -0.39 is 0 Å². The maximum atomic E-state index is 12.7. The average Bonchev–Trinajstić information content (AvgIpc) is 3.05. The zero-order chi connectivity index (χ0) is 19.0. The van der Waals surface area contributed by atoms with Gasteiger partial charge in [0.25, 0.3) is 5.56 Å². The second-order valence-corrected chi connectivity index (χ2v) is 6.04. The zero-order valence-corrected chi connectivity index (χ0v) is 15.2. The van der Waals surface area contributed by atoms with E-state index in [2.05, 4.69) is 15.1 Å². The summed E-state index contributed by atoms with van der Waals surface area (Å²) in [4.78, 5) is 21.5. The van der Waals surface area contributed by atoms with Gasteiger partial charge in [0.1, 0.15) is 5.75 Å². The molecule has 1 aromatic carbocycles. The monoisotopic (exact) mass is 362 g/mol. The van der Waals surface area contributed by atoms with Gasteiger partial charge >= 0.3 is 0 Å². The van der Waals surface area contributed by atoms with E-state index in [0.29, 0.717) is 22.8 Å². The van der Waals surface area contributed by atoms with Crippen LogP contribution >= 0.6 is 0 Å². The normalized spacial score (nSPS) is 10.9. The van der Waals surface area contributed by atoms with Crippen LogP contribution in [-0.2, 0) is 0 Å². The van der Waals surface area contributed by atoms with Crippen LogP contribution in [0.5, 0.6) is 11.6 Å². The first-order chi connectivity index (χ1) is 13.1. The molecule has 0 saturated heterocycles. The smallest absolute Gasteiger partial charge is 0.273 e. The van der Waals surface area contributed by atoms with E-state index in [1.165, 1.54) is 10.6 Å². The Balaban J connectivity index is 1.90. The number of aromatic nitrogens is 4. The van der Waals surface area contributed by atoms with Crippen LogP contribution in [0.2, 0.25) is 0 Å². The van der Waals surface area contributed by atoms with Gasteiger partial charge in [-0.15, -0.1) is 0 Å². The Hall–Kier alpha value is -3.61. The molecule has 3 heterocycles. The van der Waals surface area contributed by atoms with Crippen LogP contribution < -0.4 is 15.0 Å². The SMILES string of the molecule is COc1ccc(-c2[nH]n3c(=O)cc(-c4cccnc4OC)nc3c2C)cc1. The summed E-state index contributed by atoms with van der Waals surface area (Å²) in [6.45, 7) is 1.93. The molecule has 0 fully saturated rings. The summed E-state index contributed by atoms with van der Waals surface area (Å²) in [6.07, 6.45) is 1.64. The molecule has 4 aromatic rings. The maximum absolute atomic E-state index is 12.7. The van der Waals surface area contributed by atoms with Crippen molar-refractivity contribution in [1.29, 1.82) is 0 Å². The molecule has 136 valence electrons. The fourth-order valence-electron chi connectivity index (χ4n) is 3.07. The van der Waals surface area contributed by atoms with Gasteiger partial charge in [0.15, 0.2) is 5.65 Å². The van der Waals surface area contributed by atoms with Gasteiger partial charge in [-0.25, -0.2) is 14.5 Å². The molecule has 27 heavy (non-hydrogen) atoms. The maximum Gasteiger partial charge on any atom is 0.273 e. The minimum absolute atomic E-state index is 0.205. The quantitative estimate of drug-likeness (QED) is 0.603. The van der Waals surface area contributed by atoms with Gasteiger partial charge in [-0.1, -0.05) is 0 Å². The predicted octanol–water partition coefficient (Wildman–Crippen LogP) is 3.08. The zero-order valence-electron chi connectivity index (χ0n) is 15.2. The van der Waals surface area contributed by atoms with E-state index in [1.54, 1.807) is 26.5 Å². The Labute approximate surface area is 155 Å². The molecule has 0 bridgehead atoms. The first-order valence-corrected chi connectivity index (χ1v) is 8.38. The molecule has 0 aliphatic rings. The highest BCUT2D eigenvalue weighted by atomic mass is 16.5. The molecule has 3 aromatic heterocycles. The van der Waals surface area contributed by atoms with Crippen molar-refractivity contribution < 1.29 is 9.47 Å². The molecule has 0 unspecified atom stereocenters. The van der Waals surface area contributed by atoms with Crippen molar-refractivity contribution >= 4 is 5.65 Å². The standard InChI is InChI=1S/C20H18N4O3/c1-12-18(13-6-8-14(26-2)9-7-13)23-24-17(25)11-16(22-19(12)24)15-5-4-10-21-20(15)27-3/h4-11,23H,1-3H3. The first kappa shape index (κ1) is 16.8. The van der Waals surface area contributed by atoms with Crippen LogP contribution in [0, 0.1) is 6.92 Å². The summed E-state index contributed by atoms with van der Waals surface area (Å²) in [5.41, 5.74) is 4.20. The molecule has 0 spiro atoms. The highest BCUT2D eigenvalue weighted by Gasteiger charge is 2.16. The molecule has 0 saturated carbocycles. The third kappa shape index (κ3) is 2.83. The number of ether oxygens (including phenoxy) is 2. The Morgan fingerprint density at radius 2 is 1.85 bits per heavy atom. The van der Waals surface area contributed by atoms with E-state index in [4.69, 9.17) is 9.47 Å². The number of methoxy groups -OCH3 is 2. The lowest BCUT2D eigenvalue weighted by Gasteiger charge is -2.06. The summed E-state index contributed by atoms with van der Waals surface area (Å²) in [5.74, 6) is 1.20. The molecule has 0 aliphatic heterocycles. The third-order valence-corrected chi connectivity index (χ3v) is 4.47. The number of hydrogen-bond donors (Lipinski definition) is 1. The molecular formula is C20H18N4O3. The molecule has 1 N–H and O–H groups in total. The summed E-state index contributed by atoms with van der Waals surface area (Å²) in [7, 11) is 3.17. The summed E-state index contributed by atoms with van der Waals surface area (Å²) in [6, 6.07) is 12.7. The second-order valence-electron chi connectivity index (χ2n) is 6.04. The number of nitrogens with zero attached hydrogens (tertiary/aromatic N) is 3. The Bertz CT molecular complexity index is 1180. The molecule has 4 rings (SSSR count). The molecular weight excluding hydrogens is 344 g/mol. The Morgan fingerprint density at radius 1 is 1.07 bits per heavy atom. The van der Waals surface area contributed by atoms with E-state index in [-0.39, 0.29) is 5.56 Å². The van der Waals surface area contributed by atoms with Crippen molar-refractivity contribution in [3.63, 3.8) is 0 Å². The summed E-state index contributed by atoms with van der Waals surface area (Å²) in [5, 5.41) is 3.15. The number of aryl methyl sites for hydroxylation is 1. The van der Waals surface area contributed by atoms with E-state index in [9.17, 15) is 4.79 Å². The lowest BCUT2D eigenvalue weighted by atomic mass is 10.1. The Kier molecular flexibility index (Phi) is 4.12. The molecule has 0 radical (unpaired) electrons. The number of H-pyrrole nitrogens is 1. The van der Waals surface area contributed by atoms with Gasteiger partial charge in [-0.2, -0.15) is 0 Å². The van der Waals surface area contributed by atoms with Crippen LogP contribution in [0.15, 0.2) is 53.5 Å². The number of hydrogen-bond acceptors (Lipinski definition) is 5. The van der Waals surface area contributed by atoms with Gasteiger partial charge in [0, 0.05) is 23.4 Å². The van der Waals surface area contributed by atoms with Crippen molar-refractivity contribution in [3.8, 4) is 34.1 Å². The van der Waals surface area contributed by atoms with Crippen molar-refractivity contribution in [3.05, 3.63) is 64.6 Å². The van der Waals surface area contributed by atoms with Crippen LogP contribution in [0.4, 0.5) is 0 Å². The van der Waals surface area contributed by atoms with Gasteiger partial charge < -0.3 is 9.47 Å². The van der Waals surface area contributed by atoms with Crippen molar-refractivity contribution in [2.45, 2.75) is 6.92 Å². The summed E-state index contributed by atoms with van der Waals surface area (Å²) < 4.78 is 11.9. The Morgan fingerprint density at radius 3 is 2.56 bits per heavy atom. The van der Waals surface area contributed by atoms with E-state index in [1.807, 2.05) is 37.3 Å². The average molecular weight is 362 g/mol. The summed E-state index contributed by atoms with van der Waals surface area (Å²) >= 11 is 0. The van der Waals surface area contributed by atoms with Crippen molar-refractivity contribution in [2.24, 2.45) is 0 Å². The number of benzene rings is 1. The highest BCUT2D eigenvalue weighted by molar-refractivity contribution is 5.73. The lowest BCUT2D eigenvalue weighted by Crippen LogP contribution is -2.14. The minimum Gasteiger partial charge on any atom is -0.497 e. The highest BCUT2D eigenvalue weighted by Crippen LogP contribution is 2.29. The molecule has 0 atom stereocenters. The van der Waals surface area contributed by atoms with Gasteiger partial charge in [0.2, 0.25) is 5.88 Å². The van der Waals surface area contributed by atoms with E-state index in [0.717, 1.165) is 22.6 Å². The first-order valence-electron chi connectivity index (χ1n) is 8.38. The topological polar surface area (TPSA) is 81.5 Å². The molecule has 0 amide bonds. The third-order valence-electron chi connectivity index (χ3n) is 4.47. The lowest BCUT2D eigenvalue weighted by molar-refractivity contribution is 0.399. The second kappa shape index (κ2) is 6.60. The molecule has 7 heteroatoms. The predicted molar refractivity (Wildman–Crippen MR) is 102 cm³/mol. The fourth-order valence-corrected chi connectivity index (χ4v) is 3.07. The van der Waals surface area contributed by atoms with Gasteiger partial charge in [-0.3, -0.25) is 9.89 Å².